The Morgan fingerprint density at radius 1 is 1.36 bits per heavy atom. The van der Waals surface area contributed by atoms with Crippen LogP contribution >= 0.6 is 11.3 Å². The molecule has 0 radical (unpaired) electrons. The second kappa shape index (κ2) is 3.38. The lowest BCUT2D eigenvalue weighted by molar-refractivity contribution is 1.25. The lowest BCUT2D eigenvalue weighted by Crippen LogP contribution is -1.88. The summed E-state index contributed by atoms with van der Waals surface area (Å²) in [5, 5.41) is 0.901. The van der Waals surface area contributed by atoms with E-state index >= 15 is 0 Å². The van der Waals surface area contributed by atoms with Gasteiger partial charge in [-0.3, -0.25) is 4.98 Å². The highest BCUT2D eigenvalue weighted by molar-refractivity contribution is 7.15. The van der Waals surface area contributed by atoms with Gasteiger partial charge in [0.1, 0.15) is 16.5 Å². The van der Waals surface area contributed by atoms with Gasteiger partial charge in [-0.15, -0.1) is 11.3 Å². The minimum atomic E-state index is 0.607. The van der Waals surface area contributed by atoms with Crippen molar-refractivity contribution in [3.8, 4) is 10.7 Å². The van der Waals surface area contributed by atoms with E-state index in [4.69, 9.17) is 5.73 Å². The van der Waals surface area contributed by atoms with Crippen LogP contribution in [-0.2, 0) is 0 Å². The molecule has 4 heteroatoms. The van der Waals surface area contributed by atoms with Crippen LogP contribution in [0.3, 0.4) is 0 Å². The van der Waals surface area contributed by atoms with Crippen molar-refractivity contribution in [3.63, 3.8) is 0 Å². The van der Waals surface area contributed by atoms with E-state index in [2.05, 4.69) is 9.97 Å². The maximum absolute atomic E-state index is 5.70. The molecule has 2 N–H and O–H groups in total. The molecule has 0 atom stereocenters. The van der Waals surface area contributed by atoms with E-state index in [0.29, 0.717) is 5.82 Å². The van der Waals surface area contributed by atoms with Gasteiger partial charge >= 0.3 is 0 Å². The molecule has 72 valence electrons. The molecule has 0 spiro atoms. The van der Waals surface area contributed by atoms with E-state index in [-0.39, 0.29) is 0 Å². The number of anilines is 1. The summed E-state index contributed by atoms with van der Waals surface area (Å²) < 4.78 is 0. The van der Waals surface area contributed by atoms with Gasteiger partial charge in [0.2, 0.25) is 0 Å². The van der Waals surface area contributed by atoms with E-state index in [1.807, 2.05) is 26.0 Å². The van der Waals surface area contributed by atoms with Crippen LogP contribution in [0.2, 0.25) is 0 Å². The van der Waals surface area contributed by atoms with Gasteiger partial charge in [-0.25, -0.2) is 4.98 Å². The first kappa shape index (κ1) is 9.15. The highest BCUT2D eigenvalue weighted by Crippen LogP contribution is 2.28. The summed E-state index contributed by atoms with van der Waals surface area (Å²) in [6.45, 7) is 3.99. The quantitative estimate of drug-likeness (QED) is 0.777. The Balaban J connectivity index is 2.55. The molecule has 0 saturated heterocycles. The van der Waals surface area contributed by atoms with Gasteiger partial charge in [0, 0.05) is 11.1 Å². The standard InChI is InChI=1S/C10H11N3S/c1-6-4-3-5-12-8(6)10-13-9(11)7(2)14-10/h3-5H,11H2,1-2H3. The van der Waals surface area contributed by atoms with Gasteiger partial charge < -0.3 is 5.73 Å². The van der Waals surface area contributed by atoms with Crippen LogP contribution in [0.15, 0.2) is 18.3 Å². The molecule has 0 amide bonds. The Bertz CT molecular complexity index is 443. The smallest absolute Gasteiger partial charge is 0.144 e. The van der Waals surface area contributed by atoms with Gasteiger partial charge in [0.05, 0.1) is 0 Å². The largest absolute Gasteiger partial charge is 0.383 e. The molecule has 2 heterocycles. The van der Waals surface area contributed by atoms with E-state index in [1.165, 1.54) is 0 Å². The third-order valence-corrected chi connectivity index (χ3v) is 3.04. The number of rotatable bonds is 1. The van der Waals surface area contributed by atoms with E-state index in [0.717, 1.165) is 21.1 Å². The SMILES string of the molecule is Cc1cccnc1-c1nc(N)c(C)s1. The predicted octanol–water partition coefficient (Wildman–Crippen LogP) is 2.40. The monoisotopic (exact) mass is 205 g/mol. The molecule has 3 nitrogen and oxygen atoms in total. The van der Waals surface area contributed by atoms with E-state index in [1.54, 1.807) is 17.5 Å². The van der Waals surface area contributed by atoms with Crippen molar-refractivity contribution >= 4 is 17.2 Å². The first-order valence-corrected chi connectivity index (χ1v) is 5.15. The maximum Gasteiger partial charge on any atom is 0.144 e. The van der Waals surface area contributed by atoms with Crippen LogP contribution in [-0.4, -0.2) is 9.97 Å². The molecule has 14 heavy (non-hydrogen) atoms. The third kappa shape index (κ3) is 1.48. The van der Waals surface area contributed by atoms with Gasteiger partial charge in [-0.05, 0) is 25.5 Å². The first-order valence-electron chi connectivity index (χ1n) is 4.33. The fourth-order valence-corrected chi connectivity index (χ4v) is 2.11. The topological polar surface area (TPSA) is 51.8 Å². The second-order valence-corrected chi connectivity index (χ2v) is 4.33. The molecule has 0 aromatic carbocycles. The normalized spacial score (nSPS) is 10.4. The van der Waals surface area contributed by atoms with Crippen molar-refractivity contribution in [1.82, 2.24) is 9.97 Å². The molecular weight excluding hydrogens is 194 g/mol. The Labute approximate surface area is 86.6 Å². The Morgan fingerprint density at radius 2 is 2.14 bits per heavy atom. The Kier molecular flexibility index (Phi) is 2.21. The van der Waals surface area contributed by atoms with Crippen molar-refractivity contribution in [2.24, 2.45) is 0 Å². The second-order valence-electron chi connectivity index (χ2n) is 3.13. The van der Waals surface area contributed by atoms with Crippen LogP contribution in [0.4, 0.5) is 5.82 Å². The zero-order valence-corrected chi connectivity index (χ0v) is 8.93. The Morgan fingerprint density at radius 3 is 2.71 bits per heavy atom. The summed E-state index contributed by atoms with van der Waals surface area (Å²) in [5.74, 6) is 0.607. The Hall–Kier alpha value is -1.42. The maximum atomic E-state index is 5.70. The summed E-state index contributed by atoms with van der Waals surface area (Å²) in [4.78, 5) is 9.62. The van der Waals surface area contributed by atoms with Gasteiger partial charge in [0.25, 0.3) is 0 Å². The third-order valence-electron chi connectivity index (χ3n) is 2.04. The number of aryl methyl sites for hydroxylation is 2. The van der Waals surface area contributed by atoms with Crippen molar-refractivity contribution in [2.45, 2.75) is 13.8 Å². The fraction of sp³-hybridized carbons (Fsp3) is 0.200. The van der Waals surface area contributed by atoms with Gasteiger partial charge in [0.15, 0.2) is 0 Å². The molecule has 0 fully saturated rings. The van der Waals surface area contributed by atoms with Gasteiger partial charge in [-0.1, -0.05) is 6.07 Å². The van der Waals surface area contributed by atoms with Crippen LogP contribution in [0.1, 0.15) is 10.4 Å². The molecule has 2 aromatic heterocycles. The molecule has 0 saturated carbocycles. The number of nitrogen functional groups attached to an aromatic ring is 1. The number of pyridine rings is 1. The van der Waals surface area contributed by atoms with Crippen molar-refractivity contribution in [3.05, 3.63) is 28.8 Å². The average Bonchev–Trinajstić information content (AvgIpc) is 2.48. The summed E-state index contributed by atoms with van der Waals surface area (Å²) >= 11 is 1.58. The molecule has 0 bridgehead atoms. The number of nitrogens with two attached hydrogens (primary N) is 1. The minimum absolute atomic E-state index is 0.607. The van der Waals surface area contributed by atoms with E-state index < -0.39 is 0 Å². The number of aromatic nitrogens is 2. The summed E-state index contributed by atoms with van der Waals surface area (Å²) in [5.41, 5.74) is 7.75. The van der Waals surface area contributed by atoms with Crippen molar-refractivity contribution in [1.29, 1.82) is 0 Å². The zero-order chi connectivity index (χ0) is 10.1. The number of hydrogen-bond acceptors (Lipinski definition) is 4. The van der Waals surface area contributed by atoms with Crippen molar-refractivity contribution in [2.75, 3.05) is 5.73 Å². The average molecular weight is 205 g/mol. The summed E-state index contributed by atoms with van der Waals surface area (Å²) in [6.07, 6.45) is 1.77. The van der Waals surface area contributed by atoms with Gasteiger partial charge in [-0.2, -0.15) is 0 Å². The molecule has 0 aliphatic heterocycles. The van der Waals surface area contributed by atoms with Crippen LogP contribution in [0.5, 0.6) is 0 Å². The first-order chi connectivity index (χ1) is 6.68. The number of thiazole rings is 1. The number of hydrogen-bond donors (Lipinski definition) is 1. The molecule has 2 aromatic rings. The molecule has 2 rings (SSSR count). The molecule has 0 unspecified atom stereocenters. The van der Waals surface area contributed by atoms with Crippen molar-refractivity contribution < 1.29 is 0 Å². The molecule has 0 aliphatic rings. The number of nitrogens with zero attached hydrogens (tertiary/aromatic N) is 2. The summed E-state index contributed by atoms with van der Waals surface area (Å²) in [6, 6.07) is 3.94. The molecule has 0 aliphatic carbocycles. The zero-order valence-electron chi connectivity index (χ0n) is 8.11. The van der Waals surface area contributed by atoms with E-state index in [9.17, 15) is 0 Å². The highest BCUT2D eigenvalue weighted by atomic mass is 32.1. The lowest BCUT2D eigenvalue weighted by atomic mass is 10.2. The molecular formula is C10H11N3S. The van der Waals surface area contributed by atoms with Crippen LogP contribution in [0.25, 0.3) is 10.7 Å². The predicted molar refractivity (Wildman–Crippen MR) is 59.2 cm³/mol. The lowest BCUT2D eigenvalue weighted by Gasteiger charge is -1.98. The highest BCUT2D eigenvalue weighted by Gasteiger charge is 2.09. The van der Waals surface area contributed by atoms with Crippen LogP contribution < -0.4 is 5.73 Å². The van der Waals surface area contributed by atoms with Crippen LogP contribution in [0, 0.1) is 13.8 Å². The summed E-state index contributed by atoms with van der Waals surface area (Å²) in [7, 11) is 0. The minimum Gasteiger partial charge on any atom is -0.383 e. The fourth-order valence-electron chi connectivity index (χ4n) is 1.22.